The van der Waals surface area contributed by atoms with Gasteiger partial charge in [-0.2, -0.15) is 0 Å². The van der Waals surface area contributed by atoms with Crippen molar-refractivity contribution < 1.29 is 0 Å². The third-order valence-corrected chi connectivity index (χ3v) is 5.18. The Morgan fingerprint density at radius 3 is 0.528 bits per heavy atom. The standard InChI is InChI=1S/4C7H7NS/c4*8-7(9)6-4-2-1-3-5-6/h4*1-5H,(H2,8,9). The second-order valence-electron chi connectivity index (χ2n) is 6.92. The zero-order valence-corrected chi connectivity index (χ0v) is 22.8. The molecule has 184 valence electrons. The molecule has 4 aromatic rings. The van der Waals surface area contributed by atoms with E-state index in [-0.39, 0.29) is 0 Å². The number of benzene rings is 4. The number of hydrogen-bond acceptors (Lipinski definition) is 4. The highest BCUT2D eigenvalue weighted by molar-refractivity contribution is 7.81. The maximum Gasteiger partial charge on any atom is 0.103 e. The fraction of sp³-hybridized carbons (Fsp3) is 0. The van der Waals surface area contributed by atoms with E-state index in [1.807, 2.05) is 121 Å². The molecule has 0 saturated carbocycles. The van der Waals surface area contributed by atoms with Gasteiger partial charge in [0, 0.05) is 22.3 Å². The van der Waals surface area contributed by atoms with Gasteiger partial charge in [-0.25, -0.2) is 0 Å². The predicted molar refractivity (Wildman–Crippen MR) is 169 cm³/mol. The maximum absolute atomic E-state index is 5.35. The molecule has 0 aromatic heterocycles. The van der Waals surface area contributed by atoms with Crippen LogP contribution in [-0.2, 0) is 0 Å². The van der Waals surface area contributed by atoms with Gasteiger partial charge in [0.2, 0.25) is 0 Å². The molecule has 8 N–H and O–H groups in total. The molecule has 0 spiro atoms. The quantitative estimate of drug-likeness (QED) is 0.255. The van der Waals surface area contributed by atoms with Crippen LogP contribution in [-0.4, -0.2) is 20.0 Å². The fourth-order valence-corrected chi connectivity index (χ4v) is 2.95. The second kappa shape index (κ2) is 17.8. The minimum atomic E-state index is 0.454. The molecule has 0 fully saturated rings. The summed E-state index contributed by atoms with van der Waals surface area (Å²) in [5, 5.41) is 0. The molecule has 0 radical (unpaired) electrons. The third kappa shape index (κ3) is 13.4. The van der Waals surface area contributed by atoms with Crippen molar-refractivity contribution in [3.63, 3.8) is 0 Å². The molecular formula is C28H28N4S4. The second-order valence-corrected chi connectivity index (χ2v) is 8.68. The summed E-state index contributed by atoms with van der Waals surface area (Å²) in [4.78, 5) is 1.82. The smallest absolute Gasteiger partial charge is 0.103 e. The van der Waals surface area contributed by atoms with Crippen LogP contribution in [0.25, 0.3) is 0 Å². The van der Waals surface area contributed by atoms with Crippen molar-refractivity contribution in [2.24, 2.45) is 22.9 Å². The van der Waals surface area contributed by atoms with Gasteiger partial charge in [0.1, 0.15) is 20.0 Å². The molecule has 0 bridgehead atoms. The van der Waals surface area contributed by atoms with Crippen molar-refractivity contribution >= 4 is 68.8 Å². The van der Waals surface area contributed by atoms with Crippen LogP contribution in [0.1, 0.15) is 22.3 Å². The van der Waals surface area contributed by atoms with Crippen molar-refractivity contribution in [1.29, 1.82) is 0 Å². The van der Waals surface area contributed by atoms with E-state index in [4.69, 9.17) is 71.8 Å². The Bertz CT molecular complexity index is 1020. The van der Waals surface area contributed by atoms with E-state index < -0.39 is 0 Å². The summed E-state index contributed by atoms with van der Waals surface area (Å²) in [6.07, 6.45) is 0. The Balaban J connectivity index is 0.000000240. The highest BCUT2D eigenvalue weighted by Gasteiger charge is 1.91. The van der Waals surface area contributed by atoms with Crippen LogP contribution in [0, 0.1) is 0 Å². The average Bonchev–Trinajstić information content (AvgIpc) is 2.92. The van der Waals surface area contributed by atoms with Crippen LogP contribution >= 0.6 is 48.9 Å². The van der Waals surface area contributed by atoms with Crippen LogP contribution in [0.15, 0.2) is 121 Å². The summed E-state index contributed by atoms with van der Waals surface area (Å²) in [5.74, 6) is 0. The lowest BCUT2D eigenvalue weighted by Gasteiger charge is -1.92. The molecule has 0 aliphatic carbocycles. The van der Waals surface area contributed by atoms with Crippen LogP contribution < -0.4 is 22.9 Å². The molecule has 0 aliphatic heterocycles. The molecule has 4 aromatic carbocycles. The van der Waals surface area contributed by atoms with E-state index in [0.717, 1.165) is 22.3 Å². The Morgan fingerprint density at radius 2 is 0.444 bits per heavy atom. The highest BCUT2D eigenvalue weighted by Crippen LogP contribution is 1.98. The summed E-state index contributed by atoms with van der Waals surface area (Å²) in [7, 11) is 0. The lowest BCUT2D eigenvalue weighted by atomic mass is 10.2. The molecule has 0 saturated heterocycles. The zero-order chi connectivity index (χ0) is 26.8. The number of nitrogens with two attached hydrogens (primary N) is 4. The van der Waals surface area contributed by atoms with Crippen molar-refractivity contribution in [3.8, 4) is 0 Å². The largest absolute Gasteiger partial charge is 0.389 e. The molecular weight excluding hydrogens is 521 g/mol. The van der Waals surface area contributed by atoms with Gasteiger partial charge in [0.15, 0.2) is 0 Å². The number of rotatable bonds is 4. The number of hydrogen-bond donors (Lipinski definition) is 4. The summed E-state index contributed by atoms with van der Waals surface area (Å²) >= 11 is 19.0. The van der Waals surface area contributed by atoms with E-state index in [1.165, 1.54) is 0 Å². The fourth-order valence-electron chi connectivity index (χ4n) is 2.41. The van der Waals surface area contributed by atoms with Gasteiger partial charge in [0.05, 0.1) is 0 Å². The van der Waals surface area contributed by atoms with Gasteiger partial charge in [0.25, 0.3) is 0 Å². The summed E-state index contributed by atoms with van der Waals surface area (Å²) in [5.41, 5.74) is 25.1. The van der Waals surface area contributed by atoms with Gasteiger partial charge >= 0.3 is 0 Å². The molecule has 4 nitrogen and oxygen atoms in total. The van der Waals surface area contributed by atoms with Crippen LogP contribution in [0.3, 0.4) is 0 Å². The van der Waals surface area contributed by atoms with Gasteiger partial charge in [-0.1, -0.05) is 170 Å². The first-order chi connectivity index (χ1) is 17.2. The molecule has 4 rings (SSSR count). The first kappa shape index (κ1) is 30.5. The van der Waals surface area contributed by atoms with Crippen molar-refractivity contribution in [1.82, 2.24) is 0 Å². The minimum absolute atomic E-state index is 0.454. The summed E-state index contributed by atoms with van der Waals surface area (Å²) in [6, 6.07) is 38.1. The predicted octanol–water partition coefficient (Wildman–Crippen LogP) is 5.28. The Labute approximate surface area is 234 Å². The van der Waals surface area contributed by atoms with Crippen LogP contribution in [0.5, 0.6) is 0 Å². The van der Waals surface area contributed by atoms with Gasteiger partial charge in [-0.15, -0.1) is 0 Å². The van der Waals surface area contributed by atoms with Gasteiger partial charge < -0.3 is 22.9 Å². The Hall–Kier alpha value is -3.56. The van der Waals surface area contributed by atoms with Crippen molar-refractivity contribution in [2.75, 3.05) is 0 Å². The van der Waals surface area contributed by atoms with E-state index in [9.17, 15) is 0 Å². The summed E-state index contributed by atoms with van der Waals surface area (Å²) in [6.45, 7) is 0. The normalized spacial score (nSPS) is 8.89. The highest BCUT2D eigenvalue weighted by atomic mass is 32.1. The Kier molecular flexibility index (Phi) is 15.1. The third-order valence-electron chi connectivity index (χ3n) is 4.23. The van der Waals surface area contributed by atoms with Gasteiger partial charge in [-0.05, 0) is 0 Å². The van der Waals surface area contributed by atoms with Crippen LogP contribution in [0.4, 0.5) is 0 Å². The van der Waals surface area contributed by atoms with E-state index >= 15 is 0 Å². The van der Waals surface area contributed by atoms with Crippen LogP contribution in [0.2, 0.25) is 0 Å². The molecule has 0 heterocycles. The SMILES string of the molecule is NC(=S)c1ccccc1.NC(=S)c1ccccc1.NC(=S)c1ccccc1.NC(=S)c1ccccc1. The first-order valence-corrected chi connectivity index (χ1v) is 12.2. The first-order valence-electron chi connectivity index (χ1n) is 10.6. The molecule has 0 aliphatic rings. The monoisotopic (exact) mass is 548 g/mol. The molecule has 0 unspecified atom stereocenters. The van der Waals surface area contributed by atoms with Gasteiger partial charge in [-0.3, -0.25) is 0 Å². The lowest BCUT2D eigenvalue weighted by Crippen LogP contribution is -2.08. The van der Waals surface area contributed by atoms with Crippen molar-refractivity contribution in [3.05, 3.63) is 144 Å². The average molecular weight is 549 g/mol. The molecule has 36 heavy (non-hydrogen) atoms. The minimum Gasteiger partial charge on any atom is -0.389 e. The van der Waals surface area contributed by atoms with E-state index in [0.29, 0.717) is 20.0 Å². The zero-order valence-electron chi connectivity index (χ0n) is 19.5. The lowest BCUT2D eigenvalue weighted by molar-refractivity contribution is 1.63. The van der Waals surface area contributed by atoms with E-state index in [1.54, 1.807) is 0 Å². The molecule has 0 atom stereocenters. The molecule has 0 amide bonds. The summed E-state index contributed by atoms with van der Waals surface area (Å²) < 4.78 is 0. The van der Waals surface area contributed by atoms with E-state index in [2.05, 4.69) is 0 Å². The molecule has 8 heteroatoms. The van der Waals surface area contributed by atoms with Crippen molar-refractivity contribution in [2.45, 2.75) is 0 Å². The number of thiocarbonyl (C=S) groups is 4. The maximum atomic E-state index is 5.35. The topological polar surface area (TPSA) is 104 Å². The Morgan fingerprint density at radius 1 is 0.306 bits per heavy atom.